The van der Waals surface area contributed by atoms with Gasteiger partial charge in [-0.2, -0.15) is 0 Å². The monoisotopic (exact) mass is 481 g/mol. The van der Waals surface area contributed by atoms with Gasteiger partial charge in [-0.3, -0.25) is 4.72 Å². The van der Waals surface area contributed by atoms with E-state index in [1.165, 1.54) is 0 Å². The first kappa shape index (κ1) is 21.9. The molecule has 11 heteroatoms. The number of sulfonamides is 1. The second-order valence-electron chi connectivity index (χ2n) is 7.21. The molecule has 0 amide bonds. The Labute approximate surface area is 190 Å². The van der Waals surface area contributed by atoms with Crippen LogP contribution in [0.4, 0.5) is 11.5 Å². The third kappa shape index (κ3) is 4.50. The third-order valence-electron chi connectivity index (χ3n) is 5.06. The quantitative estimate of drug-likeness (QED) is 0.570. The number of piperazine rings is 1. The van der Waals surface area contributed by atoms with Gasteiger partial charge in [0, 0.05) is 32.4 Å². The molecule has 1 fully saturated rings. The Morgan fingerprint density at radius 3 is 2.39 bits per heavy atom. The first-order valence-corrected chi connectivity index (χ1v) is 11.9. The molecule has 3 aromatic rings. The molecule has 0 unspecified atom stereocenters. The van der Waals surface area contributed by atoms with E-state index in [-0.39, 0.29) is 20.6 Å². The van der Waals surface area contributed by atoms with E-state index in [1.807, 2.05) is 12.1 Å². The van der Waals surface area contributed by atoms with Crippen LogP contribution in [0.2, 0.25) is 10.0 Å². The van der Waals surface area contributed by atoms with Gasteiger partial charge in [0.25, 0.3) is 10.0 Å². The predicted octanol–water partition coefficient (Wildman–Crippen LogP) is 3.87. The van der Waals surface area contributed by atoms with Gasteiger partial charge in [0.2, 0.25) is 0 Å². The highest BCUT2D eigenvalue weighted by Crippen LogP contribution is 2.37. The summed E-state index contributed by atoms with van der Waals surface area (Å²) in [5.41, 5.74) is 2.23. The van der Waals surface area contributed by atoms with Gasteiger partial charge in [0.05, 0.1) is 10.0 Å². The molecule has 31 heavy (non-hydrogen) atoms. The number of pyridine rings is 1. The van der Waals surface area contributed by atoms with Gasteiger partial charge in [-0.05, 0) is 49.2 Å². The molecule has 1 aromatic carbocycles. The molecule has 3 heterocycles. The van der Waals surface area contributed by atoms with Crippen LogP contribution in [0.3, 0.4) is 0 Å². The molecule has 0 radical (unpaired) electrons. The molecule has 164 valence electrons. The molecule has 0 atom stereocenters. The summed E-state index contributed by atoms with van der Waals surface area (Å²) in [6, 6.07) is 6.96. The van der Waals surface area contributed by atoms with E-state index in [4.69, 9.17) is 27.7 Å². The topological polar surface area (TPSA) is 100 Å². The second kappa shape index (κ2) is 8.66. The number of nitrogens with one attached hydrogen (secondary N) is 2. The average Bonchev–Trinajstić information content (AvgIpc) is 3.05. The molecule has 2 N–H and O–H groups in total. The van der Waals surface area contributed by atoms with E-state index in [1.54, 1.807) is 32.2 Å². The Morgan fingerprint density at radius 1 is 1.10 bits per heavy atom. The van der Waals surface area contributed by atoms with Crippen molar-refractivity contribution in [2.24, 2.45) is 0 Å². The van der Waals surface area contributed by atoms with Crippen LogP contribution < -0.4 is 14.9 Å². The molecule has 1 aliphatic rings. The minimum Gasteiger partial charge on any atom is -0.359 e. The van der Waals surface area contributed by atoms with Crippen LogP contribution in [0.25, 0.3) is 11.1 Å². The number of rotatable bonds is 5. The molecular weight excluding hydrogens is 461 g/mol. The fourth-order valence-corrected chi connectivity index (χ4v) is 5.85. The fraction of sp³-hybridized carbons (Fsp3) is 0.300. The predicted molar refractivity (Wildman–Crippen MR) is 122 cm³/mol. The van der Waals surface area contributed by atoms with Gasteiger partial charge in [-0.25, -0.2) is 13.4 Å². The number of anilines is 2. The molecule has 0 aliphatic carbocycles. The van der Waals surface area contributed by atoms with Gasteiger partial charge in [0.1, 0.15) is 22.1 Å². The highest BCUT2D eigenvalue weighted by Gasteiger charge is 2.26. The zero-order valence-corrected chi connectivity index (χ0v) is 19.3. The maximum Gasteiger partial charge on any atom is 0.265 e. The Bertz CT molecular complexity index is 1180. The number of aryl methyl sites for hydroxylation is 2. The molecule has 4 rings (SSSR count). The smallest absolute Gasteiger partial charge is 0.265 e. The van der Waals surface area contributed by atoms with E-state index >= 15 is 0 Å². The molecule has 0 bridgehead atoms. The van der Waals surface area contributed by atoms with Crippen molar-refractivity contribution in [2.45, 2.75) is 18.7 Å². The van der Waals surface area contributed by atoms with Gasteiger partial charge >= 0.3 is 0 Å². The molecule has 2 aromatic heterocycles. The molecule has 1 aliphatic heterocycles. The molecule has 0 saturated carbocycles. The summed E-state index contributed by atoms with van der Waals surface area (Å²) in [5.74, 6) is 1.20. The largest absolute Gasteiger partial charge is 0.359 e. The van der Waals surface area contributed by atoms with Crippen molar-refractivity contribution in [2.75, 3.05) is 35.8 Å². The van der Waals surface area contributed by atoms with Crippen molar-refractivity contribution in [1.29, 1.82) is 0 Å². The summed E-state index contributed by atoms with van der Waals surface area (Å²) in [6.45, 7) is 6.78. The standard InChI is InChI=1S/C20H21Cl2N5O3S/c1-12-19(13(2)30-25-12)26-31(28,29)20-16(21)9-15(10-17(20)22)14-3-4-24-18(11-14)27-7-5-23-6-8-27/h3-4,9-11,23,26H,5-8H2,1-2H3. The van der Waals surface area contributed by atoms with Crippen LogP contribution in [0.15, 0.2) is 39.9 Å². The normalized spacial score (nSPS) is 14.6. The van der Waals surface area contributed by atoms with E-state index in [0.29, 0.717) is 17.0 Å². The van der Waals surface area contributed by atoms with Crippen LogP contribution in [0.1, 0.15) is 11.5 Å². The van der Waals surface area contributed by atoms with E-state index in [0.717, 1.165) is 37.6 Å². The lowest BCUT2D eigenvalue weighted by molar-refractivity contribution is 0.393. The Hall–Kier alpha value is -2.33. The van der Waals surface area contributed by atoms with Gasteiger partial charge in [0.15, 0.2) is 5.76 Å². The minimum atomic E-state index is -4.06. The summed E-state index contributed by atoms with van der Waals surface area (Å²) in [6.07, 6.45) is 1.72. The first-order chi connectivity index (χ1) is 14.8. The summed E-state index contributed by atoms with van der Waals surface area (Å²) < 4.78 is 33.5. The minimum absolute atomic E-state index is 0.0160. The molecule has 8 nitrogen and oxygen atoms in total. The van der Waals surface area contributed by atoms with Crippen molar-refractivity contribution in [3.63, 3.8) is 0 Å². The Balaban J connectivity index is 1.68. The number of hydrogen-bond donors (Lipinski definition) is 2. The van der Waals surface area contributed by atoms with Crippen molar-refractivity contribution in [3.05, 3.63) is 52.0 Å². The van der Waals surface area contributed by atoms with Gasteiger partial charge in [-0.15, -0.1) is 0 Å². The Morgan fingerprint density at radius 2 is 1.77 bits per heavy atom. The number of benzene rings is 1. The molecule has 0 spiro atoms. The first-order valence-electron chi connectivity index (χ1n) is 9.63. The van der Waals surface area contributed by atoms with Crippen LogP contribution in [-0.4, -0.2) is 44.7 Å². The maximum atomic E-state index is 13.0. The highest BCUT2D eigenvalue weighted by atomic mass is 35.5. The molecule has 1 saturated heterocycles. The van der Waals surface area contributed by atoms with Crippen LogP contribution >= 0.6 is 23.2 Å². The van der Waals surface area contributed by atoms with Crippen molar-refractivity contribution >= 4 is 44.7 Å². The summed E-state index contributed by atoms with van der Waals surface area (Å²) in [5, 5.41) is 7.10. The zero-order valence-electron chi connectivity index (χ0n) is 16.9. The number of hydrogen-bond acceptors (Lipinski definition) is 7. The number of nitrogens with zero attached hydrogens (tertiary/aromatic N) is 3. The zero-order chi connectivity index (χ0) is 22.2. The summed E-state index contributed by atoms with van der Waals surface area (Å²) in [4.78, 5) is 6.45. The van der Waals surface area contributed by atoms with E-state index in [2.05, 4.69) is 25.1 Å². The van der Waals surface area contributed by atoms with Crippen molar-refractivity contribution < 1.29 is 12.9 Å². The number of aromatic nitrogens is 2. The lowest BCUT2D eigenvalue weighted by atomic mass is 10.1. The SMILES string of the molecule is Cc1noc(C)c1NS(=O)(=O)c1c(Cl)cc(-c2ccnc(N3CCNCC3)c2)cc1Cl. The van der Waals surface area contributed by atoms with Crippen molar-refractivity contribution in [3.8, 4) is 11.1 Å². The average molecular weight is 482 g/mol. The lowest BCUT2D eigenvalue weighted by Gasteiger charge is -2.28. The van der Waals surface area contributed by atoms with Crippen LogP contribution in [0.5, 0.6) is 0 Å². The Kier molecular flexibility index (Phi) is 6.11. The third-order valence-corrected chi connectivity index (χ3v) is 7.33. The van der Waals surface area contributed by atoms with Crippen LogP contribution in [-0.2, 0) is 10.0 Å². The summed E-state index contributed by atoms with van der Waals surface area (Å²) >= 11 is 12.8. The fourth-order valence-electron chi connectivity index (χ4n) is 3.46. The second-order valence-corrected chi connectivity index (χ2v) is 9.65. The highest BCUT2D eigenvalue weighted by molar-refractivity contribution is 7.93. The van der Waals surface area contributed by atoms with E-state index < -0.39 is 10.0 Å². The van der Waals surface area contributed by atoms with E-state index in [9.17, 15) is 8.42 Å². The van der Waals surface area contributed by atoms with Crippen LogP contribution in [0, 0.1) is 13.8 Å². The van der Waals surface area contributed by atoms with Gasteiger partial charge < -0.3 is 14.7 Å². The van der Waals surface area contributed by atoms with Crippen molar-refractivity contribution in [1.82, 2.24) is 15.5 Å². The molecular formula is C20H21Cl2N5O3S. The summed E-state index contributed by atoms with van der Waals surface area (Å²) in [7, 11) is -4.06. The lowest BCUT2D eigenvalue weighted by Crippen LogP contribution is -2.43. The maximum absolute atomic E-state index is 13.0. The van der Waals surface area contributed by atoms with Gasteiger partial charge in [-0.1, -0.05) is 28.4 Å². The number of halogens is 2.